The molecule has 0 heterocycles. The van der Waals surface area contributed by atoms with Crippen molar-refractivity contribution >= 4 is 23.9 Å². The quantitative estimate of drug-likeness (QED) is 0.232. The van der Waals surface area contributed by atoms with Crippen molar-refractivity contribution < 1.29 is 0 Å². The van der Waals surface area contributed by atoms with E-state index in [9.17, 15) is 0 Å². The molecule has 2 nitrogen and oxygen atoms in total. The topological polar surface area (TPSA) is 6.48 Å². The highest BCUT2D eigenvalue weighted by atomic mass is 32.2. The average Bonchev–Trinajstić information content (AvgIpc) is 2.54. The molecule has 0 aromatic rings. The fraction of sp³-hybridized carbons (Fsp3) is 1.00. The van der Waals surface area contributed by atoms with Gasteiger partial charge in [0.05, 0.1) is 0 Å². The van der Waals surface area contributed by atoms with Gasteiger partial charge in [0.1, 0.15) is 0 Å². The van der Waals surface area contributed by atoms with Crippen molar-refractivity contribution in [3.05, 3.63) is 0 Å². The molecule has 22 heavy (non-hydrogen) atoms. The first kappa shape index (κ1) is 22.6. The summed E-state index contributed by atoms with van der Waals surface area (Å²) in [4.78, 5) is 0. The zero-order valence-corrected chi connectivity index (χ0v) is 17.2. The molecule has 4 heteroatoms. The van der Waals surface area contributed by atoms with E-state index in [2.05, 4.69) is 60.2 Å². The lowest BCUT2D eigenvalue weighted by molar-refractivity contribution is 0.442. The van der Waals surface area contributed by atoms with Gasteiger partial charge in [-0.3, -0.25) is 8.61 Å². The first-order chi connectivity index (χ1) is 10.8. The molecule has 0 saturated heterocycles. The predicted octanol–water partition coefficient (Wildman–Crippen LogP) is 6.09. The lowest BCUT2D eigenvalue weighted by Crippen LogP contribution is -2.21. The summed E-state index contributed by atoms with van der Waals surface area (Å²) in [7, 11) is 0. The number of rotatable bonds is 17. The summed E-state index contributed by atoms with van der Waals surface area (Å²) < 4.78 is 5.21. The van der Waals surface area contributed by atoms with Crippen LogP contribution in [0.5, 0.6) is 0 Å². The Morgan fingerprint density at radius 2 is 0.773 bits per heavy atom. The van der Waals surface area contributed by atoms with E-state index in [0.29, 0.717) is 0 Å². The van der Waals surface area contributed by atoms with Crippen LogP contribution in [0.25, 0.3) is 0 Å². The van der Waals surface area contributed by atoms with Crippen molar-refractivity contribution in [1.29, 1.82) is 0 Å². The van der Waals surface area contributed by atoms with Crippen molar-refractivity contribution in [3.8, 4) is 0 Å². The molecule has 0 aliphatic carbocycles. The van der Waals surface area contributed by atoms with Gasteiger partial charge in [0.2, 0.25) is 0 Å². The monoisotopic (exact) mass is 348 g/mol. The minimum atomic E-state index is 1.26. The predicted molar refractivity (Wildman–Crippen MR) is 108 cm³/mol. The summed E-state index contributed by atoms with van der Waals surface area (Å²) in [5.74, 6) is 2.51. The van der Waals surface area contributed by atoms with E-state index < -0.39 is 0 Å². The molecule has 0 aliphatic rings. The molecular formula is C18H40N2S2. The van der Waals surface area contributed by atoms with Crippen LogP contribution in [0.15, 0.2) is 0 Å². The molecule has 0 aromatic carbocycles. The highest BCUT2D eigenvalue weighted by Gasteiger charge is 2.07. The standard InChI is InChI=1S/C18H40N2S2/c1-5-9-13-19(14-10-6-2)21-17-18-22-20(15-11-7-3)16-12-8-4/h5-18H2,1-4H3. The Morgan fingerprint density at radius 1 is 0.500 bits per heavy atom. The minimum absolute atomic E-state index is 1.26. The molecule has 0 unspecified atom stereocenters. The number of hydrogen-bond donors (Lipinski definition) is 0. The molecule has 0 spiro atoms. The van der Waals surface area contributed by atoms with Crippen LogP contribution < -0.4 is 0 Å². The van der Waals surface area contributed by atoms with Gasteiger partial charge in [-0.25, -0.2) is 0 Å². The van der Waals surface area contributed by atoms with Gasteiger partial charge in [-0.05, 0) is 25.7 Å². The van der Waals surface area contributed by atoms with E-state index in [0.717, 1.165) is 0 Å². The molecule has 0 radical (unpaired) electrons. The molecule has 0 bridgehead atoms. The number of unbranched alkanes of at least 4 members (excludes halogenated alkanes) is 4. The minimum Gasteiger partial charge on any atom is -0.251 e. The van der Waals surface area contributed by atoms with Crippen molar-refractivity contribution in [2.24, 2.45) is 0 Å². The summed E-state index contributed by atoms with van der Waals surface area (Å²) in [5.41, 5.74) is 0. The van der Waals surface area contributed by atoms with Crippen LogP contribution in [0.1, 0.15) is 79.1 Å². The van der Waals surface area contributed by atoms with Gasteiger partial charge in [0.15, 0.2) is 0 Å². The highest BCUT2D eigenvalue weighted by molar-refractivity contribution is 8.00. The zero-order chi connectivity index (χ0) is 16.5. The Morgan fingerprint density at radius 3 is 1.00 bits per heavy atom. The van der Waals surface area contributed by atoms with Crippen molar-refractivity contribution in [3.63, 3.8) is 0 Å². The van der Waals surface area contributed by atoms with E-state index in [1.807, 2.05) is 0 Å². The number of nitrogens with zero attached hydrogens (tertiary/aromatic N) is 2. The highest BCUT2D eigenvalue weighted by Crippen LogP contribution is 2.18. The van der Waals surface area contributed by atoms with Crippen molar-refractivity contribution in [2.75, 3.05) is 37.7 Å². The van der Waals surface area contributed by atoms with Gasteiger partial charge in [-0.1, -0.05) is 77.3 Å². The molecular weight excluding hydrogens is 308 g/mol. The molecule has 0 aliphatic heterocycles. The first-order valence-electron chi connectivity index (χ1n) is 9.54. The van der Waals surface area contributed by atoms with Crippen LogP contribution in [-0.2, 0) is 0 Å². The van der Waals surface area contributed by atoms with E-state index in [1.165, 1.54) is 89.1 Å². The lowest BCUT2D eigenvalue weighted by Gasteiger charge is -2.23. The largest absolute Gasteiger partial charge is 0.251 e. The second-order valence-electron chi connectivity index (χ2n) is 5.94. The SMILES string of the molecule is CCCCN(CCCC)SCCSN(CCCC)CCCC. The van der Waals surface area contributed by atoms with Crippen molar-refractivity contribution in [1.82, 2.24) is 8.61 Å². The van der Waals surface area contributed by atoms with Gasteiger partial charge in [0, 0.05) is 37.7 Å². The van der Waals surface area contributed by atoms with Crippen LogP contribution in [-0.4, -0.2) is 46.3 Å². The van der Waals surface area contributed by atoms with E-state index in [1.54, 1.807) is 0 Å². The smallest absolute Gasteiger partial charge is 0.0184 e. The maximum Gasteiger partial charge on any atom is 0.0184 e. The summed E-state index contributed by atoms with van der Waals surface area (Å²) >= 11 is 4.15. The third-order valence-corrected chi connectivity index (χ3v) is 6.17. The normalized spacial score (nSPS) is 11.7. The molecule has 0 fully saturated rings. The summed E-state index contributed by atoms with van der Waals surface area (Å²) in [5, 5.41) is 0. The first-order valence-corrected chi connectivity index (χ1v) is 11.4. The van der Waals surface area contributed by atoms with Crippen LogP contribution in [0.2, 0.25) is 0 Å². The van der Waals surface area contributed by atoms with Crippen LogP contribution in [0.3, 0.4) is 0 Å². The third-order valence-electron chi connectivity index (χ3n) is 3.68. The van der Waals surface area contributed by atoms with Gasteiger partial charge in [0.25, 0.3) is 0 Å². The summed E-state index contributed by atoms with van der Waals surface area (Å²) in [6.07, 6.45) is 10.6. The van der Waals surface area contributed by atoms with E-state index in [-0.39, 0.29) is 0 Å². The van der Waals surface area contributed by atoms with E-state index >= 15 is 0 Å². The van der Waals surface area contributed by atoms with Gasteiger partial charge < -0.3 is 0 Å². The fourth-order valence-corrected chi connectivity index (χ4v) is 4.30. The molecule has 0 atom stereocenters. The van der Waals surface area contributed by atoms with Gasteiger partial charge >= 0.3 is 0 Å². The Hall–Kier alpha value is 0.620. The van der Waals surface area contributed by atoms with Crippen molar-refractivity contribution in [2.45, 2.75) is 79.1 Å². The van der Waals surface area contributed by atoms with Gasteiger partial charge in [-0.15, -0.1) is 0 Å². The molecule has 0 amide bonds. The van der Waals surface area contributed by atoms with Crippen LogP contribution in [0, 0.1) is 0 Å². The van der Waals surface area contributed by atoms with Gasteiger partial charge in [-0.2, -0.15) is 0 Å². The number of hydrogen-bond acceptors (Lipinski definition) is 4. The lowest BCUT2D eigenvalue weighted by atomic mass is 10.3. The van der Waals surface area contributed by atoms with Crippen LogP contribution >= 0.6 is 23.9 Å². The van der Waals surface area contributed by atoms with E-state index in [4.69, 9.17) is 0 Å². The molecule has 134 valence electrons. The maximum atomic E-state index is 2.61. The molecule has 0 saturated carbocycles. The second kappa shape index (κ2) is 18.0. The third kappa shape index (κ3) is 14.2. The fourth-order valence-electron chi connectivity index (χ4n) is 2.15. The summed E-state index contributed by atoms with van der Waals surface area (Å²) in [6, 6.07) is 0. The molecule has 0 rings (SSSR count). The Balaban J connectivity index is 3.88. The maximum absolute atomic E-state index is 2.61. The van der Waals surface area contributed by atoms with Crippen LogP contribution in [0.4, 0.5) is 0 Å². The Labute approximate surface area is 149 Å². The Kier molecular flexibility index (Phi) is 18.5. The molecule has 0 aromatic heterocycles. The zero-order valence-electron chi connectivity index (χ0n) is 15.6. The second-order valence-corrected chi connectivity index (χ2v) is 8.30. The Bertz CT molecular complexity index is 177. The molecule has 0 N–H and O–H groups in total. The summed E-state index contributed by atoms with van der Waals surface area (Å²) in [6.45, 7) is 14.2. The average molecular weight is 349 g/mol.